The summed E-state index contributed by atoms with van der Waals surface area (Å²) in [4.78, 5) is 2.79. The molecule has 0 aliphatic rings. The normalized spacial score (nSPS) is 10.3. The Kier molecular flexibility index (Phi) is 3.53. The maximum Gasteiger partial charge on any atom is 0.0102 e. The first kappa shape index (κ1) is 10.0. The molecule has 0 bridgehead atoms. The van der Waals surface area contributed by atoms with Gasteiger partial charge in [-0.05, 0) is 49.6 Å². The zero-order valence-electron chi connectivity index (χ0n) is 7.97. The van der Waals surface area contributed by atoms with E-state index < -0.39 is 0 Å². The number of hydrogen-bond donors (Lipinski definition) is 0. The van der Waals surface area contributed by atoms with Gasteiger partial charge in [0.2, 0.25) is 0 Å². The predicted molar refractivity (Wildman–Crippen MR) is 59.5 cm³/mol. The minimum atomic E-state index is 1.39. The van der Waals surface area contributed by atoms with E-state index in [0.29, 0.717) is 0 Å². The van der Waals surface area contributed by atoms with Crippen LogP contribution in [0.1, 0.15) is 11.1 Å². The molecule has 1 rings (SSSR count). The zero-order valence-corrected chi connectivity index (χ0v) is 9.60. The standard InChI is InChI=1S/C10H14S2/c1-7-8(2)10(12-4)6-5-9(7)11-3/h5-6H,1-4H3. The lowest BCUT2D eigenvalue weighted by Crippen LogP contribution is -1.87. The average Bonchev–Trinajstić information content (AvgIpc) is 2.10. The first-order chi connectivity index (χ1) is 5.70. The van der Waals surface area contributed by atoms with Gasteiger partial charge in [0, 0.05) is 9.79 Å². The van der Waals surface area contributed by atoms with Crippen molar-refractivity contribution in [1.82, 2.24) is 0 Å². The summed E-state index contributed by atoms with van der Waals surface area (Å²) in [6, 6.07) is 4.41. The van der Waals surface area contributed by atoms with Crippen molar-refractivity contribution in [2.75, 3.05) is 12.5 Å². The van der Waals surface area contributed by atoms with Crippen LogP contribution in [0.4, 0.5) is 0 Å². The number of thioether (sulfide) groups is 2. The quantitative estimate of drug-likeness (QED) is 0.664. The van der Waals surface area contributed by atoms with Gasteiger partial charge in [0.25, 0.3) is 0 Å². The smallest absolute Gasteiger partial charge is 0.0102 e. The maximum atomic E-state index is 2.21. The van der Waals surface area contributed by atoms with Gasteiger partial charge in [0.05, 0.1) is 0 Å². The molecule has 1 aromatic carbocycles. The number of benzene rings is 1. The molecular formula is C10H14S2. The first-order valence-electron chi connectivity index (χ1n) is 3.89. The fourth-order valence-electron chi connectivity index (χ4n) is 1.21. The molecule has 0 nitrogen and oxygen atoms in total. The van der Waals surface area contributed by atoms with Crippen LogP contribution >= 0.6 is 23.5 Å². The summed E-state index contributed by atoms with van der Waals surface area (Å²) in [6.07, 6.45) is 4.25. The summed E-state index contributed by atoms with van der Waals surface area (Å²) in [5, 5.41) is 0. The van der Waals surface area contributed by atoms with Crippen molar-refractivity contribution in [2.45, 2.75) is 23.6 Å². The van der Waals surface area contributed by atoms with Crippen molar-refractivity contribution in [3.05, 3.63) is 23.3 Å². The SMILES string of the molecule is CSc1ccc(SC)c(C)c1C. The molecule has 66 valence electrons. The minimum absolute atomic E-state index is 1.39. The molecule has 0 N–H and O–H groups in total. The molecule has 0 heterocycles. The number of hydrogen-bond acceptors (Lipinski definition) is 2. The van der Waals surface area contributed by atoms with E-state index in [1.54, 1.807) is 0 Å². The third-order valence-corrected chi connectivity index (χ3v) is 3.89. The van der Waals surface area contributed by atoms with Gasteiger partial charge in [-0.2, -0.15) is 0 Å². The third kappa shape index (κ3) is 1.80. The second kappa shape index (κ2) is 4.24. The highest BCUT2D eigenvalue weighted by Crippen LogP contribution is 2.29. The minimum Gasteiger partial charge on any atom is -0.129 e. The van der Waals surface area contributed by atoms with Crippen LogP contribution in [0.25, 0.3) is 0 Å². The Morgan fingerprint density at radius 1 is 0.833 bits per heavy atom. The van der Waals surface area contributed by atoms with Crippen LogP contribution in [0.15, 0.2) is 21.9 Å². The lowest BCUT2D eigenvalue weighted by atomic mass is 10.1. The van der Waals surface area contributed by atoms with Crippen molar-refractivity contribution in [3.63, 3.8) is 0 Å². The first-order valence-corrected chi connectivity index (χ1v) is 6.33. The second-order valence-corrected chi connectivity index (χ2v) is 4.42. The van der Waals surface area contributed by atoms with E-state index in [2.05, 4.69) is 38.5 Å². The summed E-state index contributed by atoms with van der Waals surface area (Å²) in [5.74, 6) is 0. The van der Waals surface area contributed by atoms with E-state index in [0.717, 1.165) is 0 Å². The van der Waals surface area contributed by atoms with Gasteiger partial charge in [0.1, 0.15) is 0 Å². The van der Waals surface area contributed by atoms with Gasteiger partial charge in [-0.1, -0.05) is 0 Å². The molecule has 0 spiro atoms. The van der Waals surface area contributed by atoms with Gasteiger partial charge in [-0.15, -0.1) is 23.5 Å². The highest BCUT2D eigenvalue weighted by atomic mass is 32.2. The highest BCUT2D eigenvalue weighted by Gasteiger charge is 2.03. The Balaban J connectivity index is 3.20. The Hall–Kier alpha value is -0.0800. The molecule has 2 heteroatoms. The van der Waals surface area contributed by atoms with Gasteiger partial charge >= 0.3 is 0 Å². The lowest BCUT2D eigenvalue weighted by Gasteiger charge is -2.09. The third-order valence-electron chi connectivity index (χ3n) is 2.13. The van der Waals surface area contributed by atoms with Gasteiger partial charge in [-0.3, -0.25) is 0 Å². The Bertz CT molecular complexity index is 250. The number of rotatable bonds is 2. The van der Waals surface area contributed by atoms with Crippen molar-refractivity contribution >= 4 is 23.5 Å². The van der Waals surface area contributed by atoms with Crippen LogP contribution in [0.2, 0.25) is 0 Å². The molecule has 0 saturated heterocycles. The van der Waals surface area contributed by atoms with Gasteiger partial charge < -0.3 is 0 Å². The van der Waals surface area contributed by atoms with E-state index in [-0.39, 0.29) is 0 Å². The Morgan fingerprint density at radius 2 is 1.17 bits per heavy atom. The van der Waals surface area contributed by atoms with Crippen molar-refractivity contribution < 1.29 is 0 Å². The molecule has 12 heavy (non-hydrogen) atoms. The zero-order chi connectivity index (χ0) is 9.14. The summed E-state index contributed by atoms with van der Waals surface area (Å²) in [6.45, 7) is 4.39. The second-order valence-electron chi connectivity index (χ2n) is 2.72. The topological polar surface area (TPSA) is 0 Å². The average molecular weight is 198 g/mol. The maximum absolute atomic E-state index is 2.21. The van der Waals surface area contributed by atoms with E-state index in [4.69, 9.17) is 0 Å². The molecule has 0 fully saturated rings. The molecule has 0 amide bonds. The largest absolute Gasteiger partial charge is 0.129 e. The van der Waals surface area contributed by atoms with Crippen LogP contribution in [0.5, 0.6) is 0 Å². The van der Waals surface area contributed by atoms with E-state index in [1.165, 1.54) is 20.9 Å². The van der Waals surface area contributed by atoms with Crippen LogP contribution in [0.3, 0.4) is 0 Å². The van der Waals surface area contributed by atoms with Crippen LogP contribution < -0.4 is 0 Å². The molecule has 0 atom stereocenters. The summed E-state index contributed by atoms with van der Waals surface area (Å²) < 4.78 is 0. The fourth-order valence-corrected chi connectivity index (χ4v) is 2.54. The Labute approximate surface area is 83.1 Å². The van der Waals surface area contributed by atoms with Crippen LogP contribution in [-0.4, -0.2) is 12.5 Å². The Morgan fingerprint density at radius 3 is 1.42 bits per heavy atom. The van der Waals surface area contributed by atoms with Crippen molar-refractivity contribution in [3.8, 4) is 0 Å². The van der Waals surface area contributed by atoms with Crippen molar-refractivity contribution in [1.29, 1.82) is 0 Å². The van der Waals surface area contributed by atoms with Crippen LogP contribution in [-0.2, 0) is 0 Å². The van der Waals surface area contributed by atoms with Crippen LogP contribution in [0, 0.1) is 13.8 Å². The molecule has 0 aromatic heterocycles. The molecular weight excluding hydrogens is 184 g/mol. The monoisotopic (exact) mass is 198 g/mol. The summed E-state index contributed by atoms with van der Waals surface area (Å²) >= 11 is 3.64. The summed E-state index contributed by atoms with van der Waals surface area (Å²) in [7, 11) is 0. The van der Waals surface area contributed by atoms with Gasteiger partial charge in [-0.25, -0.2) is 0 Å². The molecule has 0 aliphatic heterocycles. The van der Waals surface area contributed by atoms with E-state index in [1.807, 2.05) is 23.5 Å². The molecule has 0 unspecified atom stereocenters. The van der Waals surface area contributed by atoms with E-state index >= 15 is 0 Å². The summed E-state index contributed by atoms with van der Waals surface area (Å²) in [5.41, 5.74) is 2.85. The molecule has 0 saturated carbocycles. The fraction of sp³-hybridized carbons (Fsp3) is 0.400. The molecule has 0 aliphatic carbocycles. The molecule has 1 aromatic rings. The predicted octanol–water partition coefficient (Wildman–Crippen LogP) is 3.75. The highest BCUT2D eigenvalue weighted by molar-refractivity contribution is 7.99. The molecule has 0 radical (unpaired) electrons. The van der Waals surface area contributed by atoms with Gasteiger partial charge in [0.15, 0.2) is 0 Å². The lowest BCUT2D eigenvalue weighted by molar-refractivity contribution is 1.16. The van der Waals surface area contributed by atoms with Crippen molar-refractivity contribution in [2.24, 2.45) is 0 Å². The van der Waals surface area contributed by atoms with E-state index in [9.17, 15) is 0 Å².